The first-order chi connectivity index (χ1) is 6.72. The van der Waals surface area contributed by atoms with Crippen LogP contribution in [0.2, 0.25) is 0 Å². The van der Waals surface area contributed by atoms with Crippen molar-refractivity contribution in [2.75, 3.05) is 0 Å². The topological polar surface area (TPSA) is 38.9 Å². The van der Waals surface area contributed by atoms with Gasteiger partial charge in [0.2, 0.25) is 11.8 Å². The summed E-state index contributed by atoms with van der Waals surface area (Å²) < 4.78 is 5.73. The van der Waals surface area contributed by atoms with Crippen molar-refractivity contribution in [3.05, 3.63) is 11.8 Å². The van der Waals surface area contributed by atoms with Crippen LogP contribution in [0.5, 0.6) is 0 Å². The SMILES string of the molecule is CCC(C)c1nnc(C2(CC)CC2)o1. The molecule has 78 valence electrons. The average Bonchev–Trinajstić information content (AvgIpc) is 2.87. The lowest BCUT2D eigenvalue weighted by Crippen LogP contribution is -2.04. The van der Waals surface area contributed by atoms with Gasteiger partial charge in [0.25, 0.3) is 0 Å². The van der Waals surface area contributed by atoms with Crippen molar-refractivity contribution >= 4 is 0 Å². The summed E-state index contributed by atoms with van der Waals surface area (Å²) in [7, 11) is 0. The van der Waals surface area contributed by atoms with Gasteiger partial charge in [-0.15, -0.1) is 10.2 Å². The molecule has 3 heteroatoms. The zero-order chi connectivity index (χ0) is 10.2. The molecule has 0 radical (unpaired) electrons. The Kier molecular flexibility index (Phi) is 2.33. The van der Waals surface area contributed by atoms with Crippen LogP contribution < -0.4 is 0 Å². The minimum atomic E-state index is 0.249. The molecule has 14 heavy (non-hydrogen) atoms. The van der Waals surface area contributed by atoms with Crippen LogP contribution in [-0.4, -0.2) is 10.2 Å². The van der Waals surface area contributed by atoms with Gasteiger partial charge in [0.15, 0.2) is 0 Å². The number of hydrogen-bond acceptors (Lipinski definition) is 3. The molecule has 1 aliphatic rings. The van der Waals surface area contributed by atoms with Gasteiger partial charge in [-0.1, -0.05) is 20.8 Å². The lowest BCUT2D eigenvalue weighted by Gasteiger charge is -2.05. The van der Waals surface area contributed by atoms with E-state index in [0.717, 1.165) is 24.6 Å². The fourth-order valence-electron chi connectivity index (χ4n) is 1.69. The van der Waals surface area contributed by atoms with Crippen LogP contribution >= 0.6 is 0 Å². The van der Waals surface area contributed by atoms with E-state index >= 15 is 0 Å². The summed E-state index contributed by atoms with van der Waals surface area (Å²) in [4.78, 5) is 0. The Labute approximate surface area is 84.9 Å². The molecule has 2 rings (SSSR count). The highest BCUT2D eigenvalue weighted by Gasteiger charge is 2.47. The standard InChI is InChI=1S/C11H18N2O/c1-4-8(3)9-12-13-10(14-9)11(5-2)6-7-11/h8H,4-7H2,1-3H3. The second-order valence-electron chi connectivity index (χ2n) is 4.39. The first kappa shape index (κ1) is 9.69. The molecule has 0 aliphatic heterocycles. The quantitative estimate of drug-likeness (QED) is 0.739. The van der Waals surface area contributed by atoms with Gasteiger partial charge in [0.1, 0.15) is 0 Å². The predicted molar refractivity (Wildman–Crippen MR) is 54.2 cm³/mol. The largest absolute Gasteiger partial charge is 0.424 e. The fourth-order valence-corrected chi connectivity index (χ4v) is 1.69. The summed E-state index contributed by atoms with van der Waals surface area (Å²) in [5.41, 5.74) is 0.249. The molecule has 0 N–H and O–H groups in total. The summed E-state index contributed by atoms with van der Waals surface area (Å²) >= 11 is 0. The molecule has 1 heterocycles. The van der Waals surface area contributed by atoms with Crippen LogP contribution in [0.15, 0.2) is 4.42 Å². The van der Waals surface area contributed by atoms with Crippen molar-refractivity contribution in [1.29, 1.82) is 0 Å². The van der Waals surface area contributed by atoms with E-state index in [-0.39, 0.29) is 5.41 Å². The molecule has 1 aromatic rings. The minimum absolute atomic E-state index is 0.249. The maximum atomic E-state index is 5.73. The maximum Gasteiger partial charge on any atom is 0.222 e. The molecular formula is C11H18N2O. The first-order valence-corrected chi connectivity index (χ1v) is 5.55. The van der Waals surface area contributed by atoms with E-state index in [1.807, 2.05) is 0 Å². The molecule has 1 fully saturated rings. The van der Waals surface area contributed by atoms with Crippen LogP contribution in [0.1, 0.15) is 64.2 Å². The third-order valence-corrected chi connectivity index (χ3v) is 3.46. The molecular weight excluding hydrogens is 176 g/mol. The van der Waals surface area contributed by atoms with E-state index < -0.39 is 0 Å². The van der Waals surface area contributed by atoms with Crippen LogP contribution in [0.25, 0.3) is 0 Å². The molecule has 0 spiro atoms. The highest BCUT2D eigenvalue weighted by atomic mass is 16.4. The molecule has 1 aromatic heterocycles. The van der Waals surface area contributed by atoms with E-state index in [1.54, 1.807) is 0 Å². The molecule has 0 aromatic carbocycles. The molecule has 3 nitrogen and oxygen atoms in total. The monoisotopic (exact) mass is 194 g/mol. The van der Waals surface area contributed by atoms with Gasteiger partial charge < -0.3 is 4.42 Å². The maximum absolute atomic E-state index is 5.73. The molecule has 0 amide bonds. The van der Waals surface area contributed by atoms with Crippen molar-refractivity contribution < 1.29 is 4.42 Å². The van der Waals surface area contributed by atoms with Crippen LogP contribution in [0.3, 0.4) is 0 Å². The number of nitrogens with zero attached hydrogens (tertiary/aromatic N) is 2. The van der Waals surface area contributed by atoms with Crippen molar-refractivity contribution in [2.45, 2.75) is 57.8 Å². The van der Waals surface area contributed by atoms with Crippen molar-refractivity contribution in [2.24, 2.45) is 0 Å². The highest BCUT2D eigenvalue weighted by molar-refractivity contribution is 5.14. The Morgan fingerprint density at radius 3 is 2.57 bits per heavy atom. The Bertz CT molecular complexity index is 315. The Morgan fingerprint density at radius 2 is 2.07 bits per heavy atom. The van der Waals surface area contributed by atoms with E-state index in [0.29, 0.717) is 5.92 Å². The predicted octanol–water partition coefficient (Wildman–Crippen LogP) is 3.02. The number of aromatic nitrogens is 2. The van der Waals surface area contributed by atoms with Gasteiger partial charge in [-0.3, -0.25) is 0 Å². The van der Waals surface area contributed by atoms with E-state index in [1.165, 1.54) is 12.8 Å². The second kappa shape index (κ2) is 3.37. The zero-order valence-electron chi connectivity index (χ0n) is 9.21. The number of rotatable bonds is 4. The van der Waals surface area contributed by atoms with Crippen molar-refractivity contribution in [1.82, 2.24) is 10.2 Å². The zero-order valence-corrected chi connectivity index (χ0v) is 9.21. The lowest BCUT2D eigenvalue weighted by molar-refractivity contribution is 0.380. The molecule has 1 unspecified atom stereocenters. The fraction of sp³-hybridized carbons (Fsp3) is 0.818. The summed E-state index contributed by atoms with van der Waals surface area (Å²) in [6.45, 7) is 6.46. The summed E-state index contributed by atoms with van der Waals surface area (Å²) in [5, 5.41) is 8.30. The van der Waals surface area contributed by atoms with E-state index in [4.69, 9.17) is 4.42 Å². The van der Waals surface area contributed by atoms with Gasteiger partial charge in [0, 0.05) is 11.3 Å². The summed E-state index contributed by atoms with van der Waals surface area (Å²) in [6, 6.07) is 0. The van der Waals surface area contributed by atoms with Gasteiger partial charge in [-0.2, -0.15) is 0 Å². The van der Waals surface area contributed by atoms with Crippen molar-refractivity contribution in [3.8, 4) is 0 Å². The lowest BCUT2D eigenvalue weighted by atomic mass is 10.0. The Balaban J connectivity index is 2.18. The van der Waals surface area contributed by atoms with Gasteiger partial charge >= 0.3 is 0 Å². The third-order valence-electron chi connectivity index (χ3n) is 3.46. The van der Waals surface area contributed by atoms with E-state index in [2.05, 4.69) is 31.0 Å². The van der Waals surface area contributed by atoms with Crippen LogP contribution in [0, 0.1) is 0 Å². The molecule has 0 saturated heterocycles. The third kappa shape index (κ3) is 1.45. The summed E-state index contributed by atoms with van der Waals surface area (Å²) in [6.07, 6.45) is 4.60. The Hall–Kier alpha value is -0.860. The second-order valence-corrected chi connectivity index (χ2v) is 4.39. The van der Waals surface area contributed by atoms with Gasteiger partial charge in [0.05, 0.1) is 0 Å². The van der Waals surface area contributed by atoms with Crippen LogP contribution in [0.4, 0.5) is 0 Å². The molecule has 1 saturated carbocycles. The molecule has 1 aliphatic carbocycles. The number of hydrogen-bond donors (Lipinski definition) is 0. The van der Waals surface area contributed by atoms with Gasteiger partial charge in [-0.25, -0.2) is 0 Å². The molecule has 0 bridgehead atoms. The molecule has 1 atom stereocenters. The summed E-state index contributed by atoms with van der Waals surface area (Å²) in [5.74, 6) is 2.07. The first-order valence-electron chi connectivity index (χ1n) is 5.55. The smallest absolute Gasteiger partial charge is 0.222 e. The Morgan fingerprint density at radius 1 is 1.36 bits per heavy atom. The van der Waals surface area contributed by atoms with Gasteiger partial charge in [-0.05, 0) is 25.7 Å². The average molecular weight is 194 g/mol. The van der Waals surface area contributed by atoms with E-state index in [9.17, 15) is 0 Å². The van der Waals surface area contributed by atoms with Crippen molar-refractivity contribution in [3.63, 3.8) is 0 Å². The highest BCUT2D eigenvalue weighted by Crippen LogP contribution is 2.50. The minimum Gasteiger partial charge on any atom is -0.424 e. The normalized spacial score (nSPS) is 20.8. The van der Waals surface area contributed by atoms with Crippen LogP contribution in [-0.2, 0) is 5.41 Å².